The zero-order valence-electron chi connectivity index (χ0n) is 13.2. The highest BCUT2D eigenvalue weighted by Gasteiger charge is 2.20. The van der Waals surface area contributed by atoms with Crippen LogP contribution in [-0.2, 0) is 17.8 Å². The lowest BCUT2D eigenvalue weighted by Gasteiger charge is -2.25. The maximum atomic E-state index is 11.9. The van der Waals surface area contributed by atoms with Gasteiger partial charge in [-0.1, -0.05) is 49.4 Å². The molecule has 2 rings (SSSR count). The van der Waals surface area contributed by atoms with Gasteiger partial charge < -0.3 is 10.4 Å². The lowest BCUT2D eigenvalue weighted by atomic mass is 9.85. The Morgan fingerprint density at radius 2 is 1.96 bits per heavy atom. The fourth-order valence-corrected chi connectivity index (χ4v) is 2.23. The van der Waals surface area contributed by atoms with Gasteiger partial charge >= 0.3 is 5.97 Å². The third-order valence-electron chi connectivity index (χ3n) is 3.35. The van der Waals surface area contributed by atoms with Crippen molar-refractivity contribution in [3.05, 3.63) is 47.8 Å². The number of rotatable bonds is 7. The monoisotopic (exact) mass is 316 g/mol. The average molecular weight is 316 g/mol. The first-order chi connectivity index (χ1) is 10.9. The normalized spacial score (nSPS) is 11.2. The summed E-state index contributed by atoms with van der Waals surface area (Å²) in [5.74, 6) is -1.39. The highest BCUT2D eigenvalue weighted by molar-refractivity contribution is 5.84. The summed E-state index contributed by atoms with van der Waals surface area (Å²) in [7, 11) is 0. The Hall–Kier alpha value is -2.70. The molecule has 7 nitrogen and oxygen atoms in total. The van der Waals surface area contributed by atoms with Crippen molar-refractivity contribution in [2.75, 3.05) is 6.54 Å². The van der Waals surface area contributed by atoms with Gasteiger partial charge in [-0.15, -0.1) is 5.10 Å². The second kappa shape index (κ2) is 7.04. The second-order valence-electron chi connectivity index (χ2n) is 6.21. The molecule has 1 aromatic heterocycles. The maximum Gasteiger partial charge on any atom is 0.358 e. The van der Waals surface area contributed by atoms with Gasteiger partial charge in [-0.05, 0) is 17.4 Å². The average Bonchev–Trinajstić information content (AvgIpc) is 2.95. The van der Waals surface area contributed by atoms with E-state index in [0.29, 0.717) is 6.54 Å². The van der Waals surface area contributed by atoms with Crippen molar-refractivity contribution in [1.29, 1.82) is 0 Å². The molecule has 0 radical (unpaired) electrons. The first kappa shape index (κ1) is 16.7. The molecular formula is C16H20N4O3. The van der Waals surface area contributed by atoms with Crippen molar-refractivity contribution < 1.29 is 14.7 Å². The van der Waals surface area contributed by atoms with Crippen molar-refractivity contribution in [2.24, 2.45) is 5.41 Å². The van der Waals surface area contributed by atoms with Crippen molar-refractivity contribution in [1.82, 2.24) is 20.3 Å². The largest absolute Gasteiger partial charge is 0.476 e. The molecule has 23 heavy (non-hydrogen) atoms. The number of hydrogen-bond donors (Lipinski definition) is 2. The number of carboxylic acid groups (broad SMARTS) is 1. The fraction of sp³-hybridized carbons (Fsp3) is 0.375. The molecule has 0 aliphatic rings. The van der Waals surface area contributed by atoms with E-state index in [0.717, 1.165) is 6.42 Å². The number of carboxylic acids is 1. The summed E-state index contributed by atoms with van der Waals surface area (Å²) in [6, 6.07) is 10.1. The summed E-state index contributed by atoms with van der Waals surface area (Å²) < 4.78 is 1.21. The van der Waals surface area contributed by atoms with Crippen LogP contribution in [0, 0.1) is 5.41 Å². The predicted molar refractivity (Wildman–Crippen MR) is 83.9 cm³/mol. The number of aromatic carboxylic acids is 1. The van der Waals surface area contributed by atoms with Crippen LogP contribution in [0.2, 0.25) is 0 Å². The Balaban J connectivity index is 1.84. The number of hydrogen-bond acceptors (Lipinski definition) is 4. The minimum Gasteiger partial charge on any atom is -0.476 e. The zero-order valence-corrected chi connectivity index (χ0v) is 13.2. The molecule has 0 saturated heterocycles. The van der Waals surface area contributed by atoms with Crippen LogP contribution in [0.3, 0.4) is 0 Å². The van der Waals surface area contributed by atoms with Crippen LogP contribution in [-0.4, -0.2) is 38.5 Å². The summed E-state index contributed by atoms with van der Waals surface area (Å²) in [6.07, 6.45) is 2.08. The number of amides is 1. The Bertz CT molecular complexity index is 680. The van der Waals surface area contributed by atoms with Crippen molar-refractivity contribution in [3.63, 3.8) is 0 Å². The number of carbonyl (C=O) groups excluding carboxylic acids is 1. The van der Waals surface area contributed by atoms with Crippen LogP contribution < -0.4 is 5.32 Å². The Morgan fingerprint density at radius 1 is 1.26 bits per heavy atom. The molecule has 0 aliphatic heterocycles. The summed E-state index contributed by atoms with van der Waals surface area (Å²) in [4.78, 5) is 22.7. The number of carbonyl (C=O) groups is 2. The molecule has 2 N–H and O–H groups in total. The van der Waals surface area contributed by atoms with E-state index in [1.807, 2.05) is 18.2 Å². The summed E-state index contributed by atoms with van der Waals surface area (Å²) in [6.45, 7) is 4.62. The van der Waals surface area contributed by atoms with Crippen molar-refractivity contribution in [2.45, 2.75) is 26.8 Å². The second-order valence-corrected chi connectivity index (χ2v) is 6.21. The van der Waals surface area contributed by atoms with Crippen LogP contribution in [0.15, 0.2) is 36.5 Å². The minimum absolute atomic E-state index is 0.0539. The molecule has 0 saturated carbocycles. The molecule has 0 spiro atoms. The minimum atomic E-state index is -1.17. The van der Waals surface area contributed by atoms with Crippen LogP contribution >= 0.6 is 0 Å². The van der Waals surface area contributed by atoms with Crippen LogP contribution in [0.5, 0.6) is 0 Å². The molecule has 122 valence electrons. The van der Waals surface area contributed by atoms with Gasteiger partial charge in [0, 0.05) is 6.54 Å². The molecule has 0 fully saturated rings. The molecular weight excluding hydrogens is 296 g/mol. The molecule has 1 heterocycles. The van der Waals surface area contributed by atoms with Gasteiger partial charge in [0.15, 0.2) is 5.69 Å². The first-order valence-corrected chi connectivity index (χ1v) is 7.30. The third kappa shape index (κ3) is 5.21. The van der Waals surface area contributed by atoms with E-state index in [9.17, 15) is 9.59 Å². The standard InChI is InChI=1S/C16H20N4O3/c1-16(2,8-12-6-4-3-5-7-12)11-17-14(21)10-20-9-13(15(22)23)18-19-20/h3-7,9H,8,10-11H2,1-2H3,(H,17,21)(H,22,23). The van der Waals surface area contributed by atoms with Gasteiger partial charge in [0.2, 0.25) is 5.91 Å². The third-order valence-corrected chi connectivity index (χ3v) is 3.35. The van der Waals surface area contributed by atoms with E-state index in [4.69, 9.17) is 5.11 Å². The predicted octanol–water partition coefficient (Wildman–Crippen LogP) is 1.36. The smallest absolute Gasteiger partial charge is 0.358 e. The van der Waals surface area contributed by atoms with Crippen LogP contribution in [0.1, 0.15) is 29.9 Å². The van der Waals surface area contributed by atoms with E-state index in [-0.39, 0.29) is 23.6 Å². The molecule has 7 heteroatoms. The molecule has 2 aromatic rings. The van der Waals surface area contributed by atoms with Gasteiger partial charge in [0.05, 0.1) is 6.20 Å². The van der Waals surface area contributed by atoms with Crippen LogP contribution in [0.4, 0.5) is 0 Å². The zero-order chi connectivity index (χ0) is 16.9. The molecule has 1 amide bonds. The number of aromatic nitrogens is 3. The van der Waals surface area contributed by atoms with Crippen molar-refractivity contribution >= 4 is 11.9 Å². The number of benzene rings is 1. The molecule has 0 bridgehead atoms. The van der Waals surface area contributed by atoms with E-state index < -0.39 is 5.97 Å². The highest BCUT2D eigenvalue weighted by atomic mass is 16.4. The van der Waals surface area contributed by atoms with Crippen LogP contribution in [0.25, 0.3) is 0 Å². The molecule has 0 aliphatic carbocycles. The Kier molecular flexibility index (Phi) is 5.10. The fourth-order valence-electron chi connectivity index (χ4n) is 2.23. The quantitative estimate of drug-likeness (QED) is 0.804. The topological polar surface area (TPSA) is 97.1 Å². The lowest BCUT2D eigenvalue weighted by molar-refractivity contribution is -0.122. The van der Waals surface area contributed by atoms with Gasteiger partial charge in [-0.2, -0.15) is 0 Å². The maximum absolute atomic E-state index is 11.9. The van der Waals surface area contributed by atoms with E-state index in [1.165, 1.54) is 16.4 Å². The van der Waals surface area contributed by atoms with E-state index in [2.05, 4.69) is 41.6 Å². The number of nitrogens with zero attached hydrogens (tertiary/aromatic N) is 3. The highest BCUT2D eigenvalue weighted by Crippen LogP contribution is 2.20. The van der Waals surface area contributed by atoms with Gasteiger partial charge in [0.25, 0.3) is 0 Å². The first-order valence-electron chi connectivity index (χ1n) is 7.30. The Morgan fingerprint density at radius 3 is 2.57 bits per heavy atom. The SMILES string of the molecule is CC(C)(CNC(=O)Cn1cc(C(=O)O)nn1)Cc1ccccc1. The number of nitrogens with one attached hydrogen (secondary N) is 1. The Labute approximate surface area is 134 Å². The van der Waals surface area contributed by atoms with Crippen molar-refractivity contribution in [3.8, 4) is 0 Å². The summed E-state index contributed by atoms with van der Waals surface area (Å²) in [5, 5.41) is 18.7. The molecule has 1 aromatic carbocycles. The lowest BCUT2D eigenvalue weighted by Crippen LogP contribution is -2.37. The van der Waals surface area contributed by atoms with Gasteiger partial charge in [0.1, 0.15) is 6.54 Å². The van der Waals surface area contributed by atoms with Gasteiger partial charge in [-0.3, -0.25) is 4.79 Å². The van der Waals surface area contributed by atoms with Gasteiger partial charge in [-0.25, -0.2) is 9.48 Å². The van der Waals surface area contributed by atoms with E-state index >= 15 is 0 Å². The summed E-state index contributed by atoms with van der Waals surface area (Å²) >= 11 is 0. The molecule has 0 unspecified atom stereocenters. The molecule has 0 atom stereocenters. The summed E-state index contributed by atoms with van der Waals surface area (Å²) in [5.41, 5.74) is 0.947. The van der Waals surface area contributed by atoms with E-state index in [1.54, 1.807) is 0 Å².